The van der Waals surface area contributed by atoms with Crippen molar-refractivity contribution in [2.75, 3.05) is 12.4 Å². The standard InChI is InChI=1S/C20H22Cl2N2O5/c1-11(7-17(25)28-2)23-18(26)20(12-3-5-16(29-20)6-4-12)19(27)24-15-9-13(21)8-14(22)10-15/h3,5,8-12,16H,4,6-7H2,1-2H3,(H,23,26)(H,24,27). The van der Waals surface area contributed by atoms with E-state index in [1.807, 2.05) is 12.2 Å². The van der Waals surface area contributed by atoms with Gasteiger partial charge in [0.05, 0.1) is 19.6 Å². The van der Waals surface area contributed by atoms with Crippen molar-refractivity contribution in [2.24, 2.45) is 5.92 Å². The molecule has 0 spiro atoms. The Hall–Kier alpha value is -2.09. The summed E-state index contributed by atoms with van der Waals surface area (Å²) in [7, 11) is 1.27. The molecule has 29 heavy (non-hydrogen) atoms. The summed E-state index contributed by atoms with van der Waals surface area (Å²) in [6.07, 6.45) is 4.70. The Morgan fingerprint density at radius 3 is 2.38 bits per heavy atom. The van der Waals surface area contributed by atoms with Crippen LogP contribution in [-0.2, 0) is 23.9 Å². The molecular formula is C20H22Cl2N2O5. The number of nitrogens with one attached hydrogen (secondary N) is 2. The van der Waals surface area contributed by atoms with Gasteiger partial charge in [-0.3, -0.25) is 14.4 Å². The van der Waals surface area contributed by atoms with Crippen LogP contribution in [0.25, 0.3) is 0 Å². The zero-order chi connectivity index (χ0) is 21.2. The fraction of sp³-hybridized carbons (Fsp3) is 0.450. The molecule has 4 unspecified atom stereocenters. The molecule has 2 N–H and O–H groups in total. The molecule has 2 heterocycles. The Morgan fingerprint density at radius 1 is 1.17 bits per heavy atom. The van der Waals surface area contributed by atoms with Crippen molar-refractivity contribution in [3.63, 3.8) is 0 Å². The highest BCUT2D eigenvalue weighted by molar-refractivity contribution is 6.35. The Morgan fingerprint density at radius 2 is 1.86 bits per heavy atom. The summed E-state index contributed by atoms with van der Waals surface area (Å²) in [4.78, 5) is 38.0. The summed E-state index contributed by atoms with van der Waals surface area (Å²) >= 11 is 12.0. The van der Waals surface area contributed by atoms with Gasteiger partial charge in [0.1, 0.15) is 0 Å². The summed E-state index contributed by atoms with van der Waals surface area (Å²) in [5, 5.41) is 6.13. The van der Waals surface area contributed by atoms with Crippen LogP contribution in [0.4, 0.5) is 5.69 Å². The third kappa shape index (κ3) is 4.57. The number of carbonyl (C=O) groups is 3. The molecule has 1 saturated heterocycles. The molecule has 156 valence electrons. The maximum atomic E-state index is 13.3. The van der Waals surface area contributed by atoms with Crippen LogP contribution < -0.4 is 10.6 Å². The molecule has 1 aromatic carbocycles. The van der Waals surface area contributed by atoms with Gasteiger partial charge in [-0.15, -0.1) is 0 Å². The molecular weight excluding hydrogens is 419 g/mol. The number of esters is 1. The van der Waals surface area contributed by atoms with E-state index in [9.17, 15) is 14.4 Å². The van der Waals surface area contributed by atoms with Crippen molar-refractivity contribution >= 4 is 46.7 Å². The molecule has 2 amide bonds. The molecule has 4 rings (SSSR count). The van der Waals surface area contributed by atoms with Crippen LogP contribution in [0.15, 0.2) is 30.4 Å². The van der Waals surface area contributed by atoms with Crippen LogP contribution >= 0.6 is 23.2 Å². The highest BCUT2D eigenvalue weighted by Crippen LogP contribution is 2.41. The topological polar surface area (TPSA) is 93.7 Å². The normalized spacial score (nSPS) is 25.9. The summed E-state index contributed by atoms with van der Waals surface area (Å²) in [5.41, 5.74) is -1.40. The lowest BCUT2D eigenvalue weighted by Gasteiger charge is -2.46. The summed E-state index contributed by atoms with van der Waals surface area (Å²) in [6, 6.07) is 4.08. The van der Waals surface area contributed by atoms with Crippen LogP contribution in [0.2, 0.25) is 10.0 Å². The molecule has 0 radical (unpaired) electrons. The second-order valence-corrected chi connectivity index (χ2v) is 8.10. The van der Waals surface area contributed by atoms with E-state index in [1.165, 1.54) is 25.3 Å². The van der Waals surface area contributed by atoms with E-state index in [0.29, 0.717) is 22.2 Å². The average molecular weight is 441 g/mol. The Labute approximate surface area is 178 Å². The summed E-state index contributed by atoms with van der Waals surface area (Å²) in [5.74, 6) is -2.11. The molecule has 0 saturated carbocycles. The van der Waals surface area contributed by atoms with E-state index < -0.39 is 35.3 Å². The van der Waals surface area contributed by atoms with Crippen molar-refractivity contribution in [3.05, 3.63) is 40.4 Å². The molecule has 7 nitrogen and oxygen atoms in total. The van der Waals surface area contributed by atoms with E-state index in [0.717, 1.165) is 6.42 Å². The largest absolute Gasteiger partial charge is 0.469 e. The molecule has 2 aliphatic heterocycles. The van der Waals surface area contributed by atoms with Crippen molar-refractivity contribution in [2.45, 2.75) is 43.9 Å². The van der Waals surface area contributed by atoms with Crippen molar-refractivity contribution in [1.82, 2.24) is 5.32 Å². The van der Waals surface area contributed by atoms with Gasteiger partial charge in [0, 0.05) is 27.7 Å². The number of hydrogen-bond acceptors (Lipinski definition) is 5. The van der Waals surface area contributed by atoms with Gasteiger partial charge in [0.15, 0.2) is 0 Å². The molecule has 0 aromatic heterocycles. The second kappa shape index (κ2) is 8.73. The average Bonchev–Trinajstić information content (AvgIpc) is 2.67. The van der Waals surface area contributed by atoms with E-state index in [-0.39, 0.29) is 12.5 Å². The van der Waals surface area contributed by atoms with Crippen LogP contribution in [0.3, 0.4) is 0 Å². The smallest absolute Gasteiger partial charge is 0.307 e. The van der Waals surface area contributed by atoms with Gasteiger partial charge >= 0.3 is 5.97 Å². The monoisotopic (exact) mass is 440 g/mol. The lowest BCUT2D eigenvalue weighted by atomic mass is 9.75. The first-order valence-electron chi connectivity index (χ1n) is 9.26. The van der Waals surface area contributed by atoms with Gasteiger partial charge in [0.25, 0.3) is 11.8 Å². The fourth-order valence-corrected chi connectivity index (χ4v) is 4.20. The maximum Gasteiger partial charge on any atom is 0.307 e. The van der Waals surface area contributed by atoms with Crippen LogP contribution in [0.1, 0.15) is 26.2 Å². The van der Waals surface area contributed by atoms with Gasteiger partial charge in [-0.05, 0) is 38.0 Å². The van der Waals surface area contributed by atoms with Gasteiger partial charge < -0.3 is 20.1 Å². The highest BCUT2D eigenvalue weighted by Gasteiger charge is 2.57. The number of carbonyl (C=O) groups excluding carboxylic acids is 3. The number of rotatable bonds is 6. The van der Waals surface area contributed by atoms with Crippen molar-refractivity contribution in [1.29, 1.82) is 0 Å². The summed E-state index contributed by atoms with van der Waals surface area (Å²) in [6.45, 7) is 1.66. The van der Waals surface area contributed by atoms with E-state index in [1.54, 1.807) is 6.92 Å². The lowest BCUT2D eigenvalue weighted by Crippen LogP contribution is -2.66. The first kappa shape index (κ1) is 21.6. The third-order valence-corrected chi connectivity index (χ3v) is 5.49. The lowest BCUT2D eigenvalue weighted by molar-refractivity contribution is -0.180. The van der Waals surface area contributed by atoms with Gasteiger partial charge in [0.2, 0.25) is 5.60 Å². The van der Waals surface area contributed by atoms with Crippen LogP contribution in [-0.4, -0.2) is 42.6 Å². The number of fused-ring (bicyclic) bond motifs is 2. The Balaban J connectivity index is 1.86. The SMILES string of the molecule is COC(=O)CC(C)NC(=O)C1(C(=O)Nc2cc(Cl)cc(Cl)c2)OC2C=CC1CC2. The van der Waals surface area contributed by atoms with Crippen molar-refractivity contribution < 1.29 is 23.9 Å². The molecule has 9 heteroatoms. The molecule has 1 aromatic rings. The molecule has 3 aliphatic rings. The van der Waals surface area contributed by atoms with E-state index in [4.69, 9.17) is 27.9 Å². The zero-order valence-corrected chi connectivity index (χ0v) is 17.5. The third-order valence-electron chi connectivity index (χ3n) is 5.05. The maximum absolute atomic E-state index is 13.3. The van der Waals surface area contributed by atoms with Gasteiger partial charge in [-0.1, -0.05) is 35.4 Å². The predicted molar refractivity (Wildman–Crippen MR) is 109 cm³/mol. The minimum Gasteiger partial charge on any atom is -0.469 e. The van der Waals surface area contributed by atoms with Crippen LogP contribution in [0.5, 0.6) is 0 Å². The quantitative estimate of drug-likeness (QED) is 0.402. The number of methoxy groups -OCH3 is 1. The number of anilines is 1. The minimum atomic E-state index is -1.75. The first-order chi connectivity index (χ1) is 13.7. The number of hydrogen-bond donors (Lipinski definition) is 2. The molecule has 2 bridgehead atoms. The highest BCUT2D eigenvalue weighted by atomic mass is 35.5. The predicted octanol–water partition coefficient (Wildman–Crippen LogP) is 3.10. The molecule has 1 aliphatic carbocycles. The van der Waals surface area contributed by atoms with Gasteiger partial charge in [-0.25, -0.2) is 0 Å². The van der Waals surface area contributed by atoms with Gasteiger partial charge in [-0.2, -0.15) is 0 Å². The minimum absolute atomic E-state index is 0.0201. The molecule has 4 atom stereocenters. The number of ether oxygens (including phenoxy) is 2. The van der Waals surface area contributed by atoms with Crippen molar-refractivity contribution in [3.8, 4) is 0 Å². The first-order valence-corrected chi connectivity index (χ1v) is 10.0. The number of halogens is 2. The Kier molecular flexibility index (Phi) is 6.51. The zero-order valence-electron chi connectivity index (χ0n) is 16.0. The van der Waals surface area contributed by atoms with Crippen LogP contribution in [0, 0.1) is 5.92 Å². The number of benzene rings is 1. The fourth-order valence-electron chi connectivity index (χ4n) is 3.67. The van der Waals surface area contributed by atoms with E-state index >= 15 is 0 Å². The number of amides is 2. The Bertz CT molecular complexity index is 839. The molecule has 1 fully saturated rings. The second-order valence-electron chi connectivity index (χ2n) is 7.23. The summed E-state index contributed by atoms with van der Waals surface area (Å²) < 4.78 is 10.6. The van der Waals surface area contributed by atoms with E-state index in [2.05, 4.69) is 15.4 Å².